The van der Waals surface area contributed by atoms with E-state index in [-0.39, 0.29) is 17.6 Å². The van der Waals surface area contributed by atoms with Crippen molar-refractivity contribution in [3.05, 3.63) is 48.2 Å². The van der Waals surface area contributed by atoms with E-state index >= 15 is 0 Å². The first-order valence-corrected chi connectivity index (χ1v) is 7.84. The minimum absolute atomic E-state index is 0.00708. The number of hydrogen-bond donors (Lipinski definition) is 0. The van der Waals surface area contributed by atoms with E-state index < -0.39 is 6.04 Å². The summed E-state index contributed by atoms with van der Waals surface area (Å²) in [5.41, 5.74) is 2.00. The zero-order chi connectivity index (χ0) is 15.8. The van der Waals surface area contributed by atoms with Crippen LogP contribution in [0.3, 0.4) is 0 Å². The largest absolute Gasteiger partial charge is 0.459 e. The Morgan fingerprint density at radius 3 is 3.00 bits per heavy atom. The number of aromatic nitrogens is 1. The molecule has 0 aliphatic carbocycles. The van der Waals surface area contributed by atoms with E-state index in [1.807, 2.05) is 12.3 Å². The molecule has 0 aromatic carbocycles. The highest BCUT2D eigenvalue weighted by molar-refractivity contribution is 6.02. The number of amides is 2. The van der Waals surface area contributed by atoms with Crippen LogP contribution in [0.4, 0.5) is 5.69 Å². The minimum Gasteiger partial charge on any atom is -0.459 e. The molecule has 4 heterocycles. The molecule has 0 unspecified atom stereocenters. The zero-order valence-electron chi connectivity index (χ0n) is 12.6. The quantitative estimate of drug-likeness (QED) is 0.849. The van der Waals surface area contributed by atoms with Crippen LogP contribution < -0.4 is 4.90 Å². The summed E-state index contributed by atoms with van der Waals surface area (Å²) < 4.78 is 5.19. The highest BCUT2D eigenvalue weighted by atomic mass is 16.3. The molecule has 2 aliphatic heterocycles. The zero-order valence-corrected chi connectivity index (χ0v) is 12.6. The van der Waals surface area contributed by atoms with Gasteiger partial charge in [-0.1, -0.05) is 0 Å². The Kier molecular flexibility index (Phi) is 3.37. The number of fused-ring (bicyclic) bond motifs is 1. The number of likely N-dealkylation sites (tertiary alicyclic amines) is 1. The molecule has 6 nitrogen and oxygen atoms in total. The van der Waals surface area contributed by atoms with Gasteiger partial charge in [0.1, 0.15) is 6.04 Å². The fraction of sp³-hybridized carbons (Fsp3) is 0.353. The Hall–Kier alpha value is -2.63. The van der Waals surface area contributed by atoms with Crippen LogP contribution >= 0.6 is 0 Å². The summed E-state index contributed by atoms with van der Waals surface area (Å²) >= 11 is 0. The molecule has 2 aliphatic rings. The predicted molar refractivity (Wildman–Crippen MR) is 83.1 cm³/mol. The second-order valence-electron chi connectivity index (χ2n) is 5.88. The number of carbonyl (C=O) groups is 2. The van der Waals surface area contributed by atoms with Crippen molar-refractivity contribution in [2.45, 2.75) is 25.3 Å². The Bertz CT molecular complexity index is 741. The molecular weight excluding hydrogens is 294 g/mol. The van der Waals surface area contributed by atoms with Crippen molar-refractivity contribution < 1.29 is 14.0 Å². The van der Waals surface area contributed by atoms with Crippen molar-refractivity contribution >= 4 is 17.5 Å². The molecule has 6 heteroatoms. The third-order valence-electron chi connectivity index (χ3n) is 4.57. The van der Waals surface area contributed by atoms with Crippen LogP contribution in [0.25, 0.3) is 0 Å². The predicted octanol–water partition coefficient (Wildman–Crippen LogP) is 1.87. The fourth-order valence-corrected chi connectivity index (χ4v) is 3.45. The van der Waals surface area contributed by atoms with E-state index in [4.69, 9.17) is 4.42 Å². The first kappa shape index (κ1) is 14.0. The van der Waals surface area contributed by atoms with Gasteiger partial charge in [-0.15, -0.1) is 0 Å². The van der Waals surface area contributed by atoms with Crippen LogP contribution in [0.15, 0.2) is 41.3 Å². The number of rotatable bonds is 2. The van der Waals surface area contributed by atoms with Crippen LogP contribution in [-0.2, 0) is 11.2 Å². The van der Waals surface area contributed by atoms with Crippen LogP contribution in [0, 0.1) is 0 Å². The van der Waals surface area contributed by atoms with Gasteiger partial charge >= 0.3 is 0 Å². The van der Waals surface area contributed by atoms with Gasteiger partial charge in [-0.2, -0.15) is 0 Å². The Morgan fingerprint density at radius 2 is 2.17 bits per heavy atom. The smallest absolute Gasteiger partial charge is 0.290 e. The Labute approximate surface area is 133 Å². The average Bonchev–Trinajstić information content (AvgIpc) is 3.33. The van der Waals surface area contributed by atoms with E-state index in [0.29, 0.717) is 19.5 Å². The molecule has 0 radical (unpaired) electrons. The van der Waals surface area contributed by atoms with Crippen molar-refractivity contribution in [1.29, 1.82) is 0 Å². The molecular formula is C17H17N3O3. The van der Waals surface area contributed by atoms with E-state index in [9.17, 15) is 9.59 Å². The van der Waals surface area contributed by atoms with Gasteiger partial charge in [0.05, 0.1) is 12.0 Å². The number of nitrogens with zero attached hydrogens (tertiary/aromatic N) is 3. The number of anilines is 1. The third kappa shape index (κ3) is 2.30. The molecule has 2 aromatic heterocycles. The van der Waals surface area contributed by atoms with Gasteiger partial charge < -0.3 is 14.2 Å². The topological polar surface area (TPSA) is 66.7 Å². The summed E-state index contributed by atoms with van der Waals surface area (Å²) in [7, 11) is 0. The van der Waals surface area contributed by atoms with Gasteiger partial charge in [0.25, 0.3) is 5.91 Å². The molecule has 1 atom stereocenters. The summed E-state index contributed by atoms with van der Waals surface area (Å²) in [4.78, 5) is 33.0. The highest BCUT2D eigenvalue weighted by Gasteiger charge is 2.39. The maximum atomic E-state index is 13.0. The lowest BCUT2D eigenvalue weighted by molar-refractivity contribution is -0.122. The van der Waals surface area contributed by atoms with Crippen molar-refractivity contribution in [3.63, 3.8) is 0 Å². The van der Waals surface area contributed by atoms with Crippen molar-refractivity contribution in [1.82, 2.24) is 9.88 Å². The molecule has 0 saturated carbocycles. The molecule has 2 aromatic rings. The highest BCUT2D eigenvalue weighted by Crippen LogP contribution is 2.30. The fourth-order valence-electron chi connectivity index (χ4n) is 3.45. The number of furan rings is 1. The summed E-state index contributed by atoms with van der Waals surface area (Å²) in [5.74, 6) is 0.0723. The van der Waals surface area contributed by atoms with Gasteiger partial charge in [0, 0.05) is 25.5 Å². The maximum Gasteiger partial charge on any atom is 0.290 e. The van der Waals surface area contributed by atoms with Gasteiger partial charge in [-0.05, 0) is 43.0 Å². The molecule has 0 N–H and O–H groups in total. The standard InChI is InChI=1S/C17H17N3O3/c21-16(20-9-6-12-11-18-7-5-13(12)20)14-3-1-8-19(14)17(22)15-4-2-10-23-15/h2,4-5,7,10-11,14H,1,3,6,8-9H2/t14-/m1/s1. The van der Waals surface area contributed by atoms with Crippen molar-refractivity contribution in [2.75, 3.05) is 18.0 Å². The molecule has 118 valence electrons. The second kappa shape index (κ2) is 5.53. The maximum absolute atomic E-state index is 13.0. The van der Waals surface area contributed by atoms with Crippen LogP contribution in [-0.4, -0.2) is 40.8 Å². The van der Waals surface area contributed by atoms with Gasteiger partial charge in [0.15, 0.2) is 5.76 Å². The monoisotopic (exact) mass is 311 g/mol. The van der Waals surface area contributed by atoms with E-state index in [1.165, 1.54) is 6.26 Å². The molecule has 1 fully saturated rings. The first-order valence-electron chi connectivity index (χ1n) is 7.84. The van der Waals surface area contributed by atoms with E-state index in [1.54, 1.807) is 28.1 Å². The molecule has 0 spiro atoms. The summed E-state index contributed by atoms with van der Waals surface area (Å²) in [6.07, 6.45) is 7.33. The van der Waals surface area contributed by atoms with Gasteiger partial charge in [0.2, 0.25) is 5.91 Å². The number of carbonyl (C=O) groups excluding carboxylic acids is 2. The summed E-state index contributed by atoms with van der Waals surface area (Å²) in [6, 6.07) is 4.78. The van der Waals surface area contributed by atoms with Crippen LogP contribution in [0.2, 0.25) is 0 Å². The summed E-state index contributed by atoms with van der Waals surface area (Å²) in [6.45, 7) is 1.24. The molecule has 2 amide bonds. The lowest BCUT2D eigenvalue weighted by Crippen LogP contribution is -2.47. The van der Waals surface area contributed by atoms with Crippen LogP contribution in [0.1, 0.15) is 29.0 Å². The minimum atomic E-state index is -0.410. The lowest BCUT2D eigenvalue weighted by atomic mass is 10.1. The molecule has 0 bridgehead atoms. The summed E-state index contributed by atoms with van der Waals surface area (Å²) in [5, 5.41) is 0. The van der Waals surface area contributed by atoms with Gasteiger partial charge in [-0.3, -0.25) is 14.6 Å². The molecule has 4 rings (SSSR count). The van der Waals surface area contributed by atoms with Crippen molar-refractivity contribution in [3.8, 4) is 0 Å². The van der Waals surface area contributed by atoms with Crippen LogP contribution in [0.5, 0.6) is 0 Å². The molecule has 23 heavy (non-hydrogen) atoms. The average molecular weight is 311 g/mol. The lowest BCUT2D eigenvalue weighted by Gasteiger charge is -2.27. The number of pyridine rings is 1. The first-order chi connectivity index (χ1) is 11.3. The normalized spacial score (nSPS) is 19.9. The van der Waals surface area contributed by atoms with Gasteiger partial charge in [-0.25, -0.2) is 0 Å². The molecule has 1 saturated heterocycles. The SMILES string of the molecule is O=C([C@H]1CCCN1C(=O)c1ccco1)N1CCc2cnccc21. The number of hydrogen-bond acceptors (Lipinski definition) is 4. The van der Waals surface area contributed by atoms with E-state index in [2.05, 4.69) is 4.98 Å². The van der Waals surface area contributed by atoms with Crippen molar-refractivity contribution in [2.24, 2.45) is 0 Å². The third-order valence-corrected chi connectivity index (χ3v) is 4.57. The van der Waals surface area contributed by atoms with E-state index in [0.717, 1.165) is 24.1 Å². The second-order valence-corrected chi connectivity index (χ2v) is 5.88. The Morgan fingerprint density at radius 1 is 1.26 bits per heavy atom. The Balaban J connectivity index is 1.58.